The fraction of sp³-hybridized carbons (Fsp3) is 0.529. The van der Waals surface area contributed by atoms with E-state index in [0.29, 0.717) is 49.8 Å². The van der Waals surface area contributed by atoms with E-state index >= 15 is 0 Å². The molecule has 1 aromatic rings. The molecular formula is C17H21ClN2O3. The highest BCUT2D eigenvalue weighted by Crippen LogP contribution is 2.28. The Bertz CT molecular complexity index is 601. The molecule has 2 heterocycles. The van der Waals surface area contributed by atoms with Crippen molar-refractivity contribution in [2.24, 2.45) is 5.92 Å². The van der Waals surface area contributed by atoms with Crippen molar-refractivity contribution in [3.05, 3.63) is 29.3 Å². The molecule has 2 saturated heterocycles. The highest BCUT2D eigenvalue weighted by molar-refractivity contribution is 6.32. The number of para-hydroxylation sites is 1. The highest BCUT2D eigenvalue weighted by Gasteiger charge is 2.38. The van der Waals surface area contributed by atoms with E-state index in [-0.39, 0.29) is 23.8 Å². The van der Waals surface area contributed by atoms with Crippen LogP contribution >= 0.6 is 11.6 Å². The Kier molecular flexibility index (Phi) is 4.76. The monoisotopic (exact) mass is 336 g/mol. The second-order valence-corrected chi connectivity index (χ2v) is 6.49. The summed E-state index contributed by atoms with van der Waals surface area (Å²) < 4.78 is 5.82. The van der Waals surface area contributed by atoms with Crippen LogP contribution in [0, 0.1) is 5.92 Å². The van der Waals surface area contributed by atoms with Gasteiger partial charge in [0, 0.05) is 19.5 Å². The average molecular weight is 337 g/mol. The van der Waals surface area contributed by atoms with Gasteiger partial charge in [0.1, 0.15) is 11.9 Å². The van der Waals surface area contributed by atoms with Gasteiger partial charge in [0.05, 0.1) is 24.0 Å². The van der Waals surface area contributed by atoms with E-state index in [0.717, 1.165) is 0 Å². The number of carbonyl (C=O) groups excluding carboxylic acids is 2. The number of nitrogens with zero attached hydrogens (tertiary/aromatic N) is 2. The minimum absolute atomic E-state index is 0.00801. The summed E-state index contributed by atoms with van der Waals surface area (Å²) in [5.41, 5.74) is 0. The third-order valence-corrected chi connectivity index (χ3v) is 4.83. The van der Waals surface area contributed by atoms with Gasteiger partial charge in [0.15, 0.2) is 0 Å². The molecule has 3 rings (SSSR count). The molecule has 0 radical (unpaired) electrons. The van der Waals surface area contributed by atoms with Gasteiger partial charge < -0.3 is 14.5 Å². The first-order chi connectivity index (χ1) is 11.1. The Labute approximate surface area is 141 Å². The van der Waals surface area contributed by atoms with E-state index in [9.17, 15) is 9.59 Å². The lowest BCUT2D eigenvalue weighted by Gasteiger charge is -2.42. The van der Waals surface area contributed by atoms with E-state index in [4.69, 9.17) is 16.3 Å². The minimum atomic E-state index is -0.0751. The Hall–Kier alpha value is -1.75. The van der Waals surface area contributed by atoms with Crippen molar-refractivity contribution >= 4 is 23.4 Å². The number of hydrogen-bond acceptors (Lipinski definition) is 3. The number of ether oxygens (including phenoxy) is 1. The average Bonchev–Trinajstić information content (AvgIpc) is 2.52. The molecule has 6 heteroatoms. The summed E-state index contributed by atoms with van der Waals surface area (Å²) in [5.74, 6) is 0.871. The van der Waals surface area contributed by atoms with Gasteiger partial charge in [-0.05, 0) is 25.5 Å². The lowest BCUT2D eigenvalue weighted by Crippen LogP contribution is -2.59. The summed E-state index contributed by atoms with van der Waals surface area (Å²) >= 11 is 6.07. The van der Waals surface area contributed by atoms with Crippen LogP contribution in [0.1, 0.15) is 19.8 Å². The highest BCUT2D eigenvalue weighted by atomic mass is 35.5. The zero-order chi connectivity index (χ0) is 16.4. The molecule has 0 aromatic heterocycles. The molecule has 2 aliphatic heterocycles. The largest absolute Gasteiger partial charge is 0.485 e. The molecule has 0 saturated carbocycles. The van der Waals surface area contributed by atoms with Crippen LogP contribution in [0.2, 0.25) is 5.02 Å². The van der Waals surface area contributed by atoms with E-state index in [1.54, 1.807) is 11.0 Å². The van der Waals surface area contributed by atoms with Crippen molar-refractivity contribution in [3.63, 3.8) is 0 Å². The first-order valence-electron chi connectivity index (χ1n) is 8.06. The molecule has 124 valence electrons. The van der Waals surface area contributed by atoms with Gasteiger partial charge in [-0.2, -0.15) is 0 Å². The van der Waals surface area contributed by atoms with Crippen LogP contribution < -0.4 is 4.74 Å². The van der Waals surface area contributed by atoms with Crippen molar-refractivity contribution < 1.29 is 14.3 Å². The van der Waals surface area contributed by atoms with E-state index in [2.05, 4.69) is 0 Å². The number of hydrogen-bond donors (Lipinski definition) is 0. The summed E-state index contributed by atoms with van der Waals surface area (Å²) in [5, 5.41) is 0.585. The Morgan fingerprint density at radius 3 is 2.74 bits per heavy atom. The fourth-order valence-electron chi connectivity index (χ4n) is 3.09. The zero-order valence-corrected chi connectivity index (χ0v) is 14.0. The third-order valence-electron chi connectivity index (χ3n) is 4.52. The lowest BCUT2D eigenvalue weighted by atomic mass is 9.94. The van der Waals surface area contributed by atoms with Crippen LogP contribution in [0.5, 0.6) is 5.75 Å². The van der Waals surface area contributed by atoms with Gasteiger partial charge in [-0.3, -0.25) is 9.59 Å². The maximum Gasteiger partial charge on any atom is 0.227 e. The van der Waals surface area contributed by atoms with Crippen LogP contribution in [0.25, 0.3) is 0 Å². The third kappa shape index (κ3) is 3.44. The molecule has 0 bridgehead atoms. The van der Waals surface area contributed by atoms with Crippen LogP contribution in [0.15, 0.2) is 24.3 Å². The quantitative estimate of drug-likeness (QED) is 0.847. The number of benzene rings is 1. The number of rotatable bonds is 4. The number of piperidine rings is 1. The maximum absolute atomic E-state index is 12.5. The van der Waals surface area contributed by atoms with Gasteiger partial charge in [0.2, 0.25) is 11.8 Å². The summed E-state index contributed by atoms with van der Waals surface area (Å²) in [6, 6.07) is 7.35. The summed E-state index contributed by atoms with van der Waals surface area (Å²) in [6.45, 7) is 4.32. The molecule has 1 atom stereocenters. The molecule has 2 aliphatic rings. The van der Waals surface area contributed by atoms with E-state index in [1.807, 2.05) is 30.0 Å². The number of halogens is 1. The molecular weight excluding hydrogens is 316 g/mol. The van der Waals surface area contributed by atoms with Crippen molar-refractivity contribution in [2.75, 3.05) is 26.2 Å². The molecule has 23 heavy (non-hydrogen) atoms. The number of likely N-dealkylation sites (tertiary alicyclic amines) is 2. The van der Waals surface area contributed by atoms with Crippen LogP contribution in [-0.2, 0) is 9.59 Å². The van der Waals surface area contributed by atoms with Crippen molar-refractivity contribution in [2.45, 2.75) is 25.9 Å². The molecule has 2 fully saturated rings. The first-order valence-corrected chi connectivity index (χ1v) is 8.44. The van der Waals surface area contributed by atoms with Crippen LogP contribution in [-0.4, -0.2) is 53.9 Å². The summed E-state index contributed by atoms with van der Waals surface area (Å²) in [7, 11) is 0. The van der Waals surface area contributed by atoms with Gasteiger partial charge >= 0.3 is 0 Å². The molecule has 0 aliphatic carbocycles. The fourth-order valence-corrected chi connectivity index (χ4v) is 3.27. The van der Waals surface area contributed by atoms with Gasteiger partial charge in [0.25, 0.3) is 0 Å². The molecule has 2 amide bonds. The Morgan fingerprint density at radius 1 is 1.30 bits per heavy atom. The molecule has 1 aromatic carbocycles. The molecule has 5 nitrogen and oxygen atoms in total. The van der Waals surface area contributed by atoms with Crippen molar-refractivity contribution in [3.8, 4) is 5.75 Å². The molecule has 1 unspecified atom stereocenters. The second-order valence-electron chi connectivity index (χ2n) is 6.08. The smallest absolute Gasteiger partial charge is 0.227 e. The zero-order valence-electron chi connectivity index (χ0n) is 13.2. The van der Waals surface area contributed by atoms with Crippen LogP contribution in [0.4, 0.5) is 0 Å². The summed E-state index contributed by atoms with van der Waals surface area (Å²) in [6.07, 6.45) is 1.12. The SMILES string of the molecule is CCN1CC(C(=O)N2CC(Oc3ccccc3Cl)C2)CCC1=O. The first kappa shape index (κ1) is 16.1. The van der Waals surface area contributed by atoms with E-state index in [1.165, 1.54) is 0 Å². The summed E-state index contributed by atoms with van der Waals surface area (Å²) in [4.78, 5) is 27.8. The number of carbonyl (C=O) groups is 2. The van der Waals surface area contributed by atoms with Crippen molar-refractivity contribution in [1.82, 2.24) is 9.80 Å². The predicted molar refractivity (Wildman–Crippen MR) is 87.4 cm³/mol. The molecule has 0 N–H and O–H groups in total. The lowest BCUT2D eigenvalue weighted by molar-refractivity contribution is -0.149. The number of amides is 2. The topological polar surface area (TPSA) is 49.9 Å². The van der Waals surface area contributed by atoms with Gasteiger partial charge in [-0.25, -0.2) is 0 Å². The Morgan fingerprint density at radius 2 is 2.04 bits per heavy atom. The normalized spacial score (nSPS) is 22.0. The van der Waals surface area contributed by atoms with Gasteiger partial charge in [-0.1, -0.05) is 23.7 Å². The van der Waals surface area contributed by atoms with Gasteiger partial charge in [-0.15, -0.1) is 0 Å². The standard InChI is InChI=1S/C17H21ClN2O3/c1-2-19-9-12(7-8-16(19)21)17(22)20-10-13(11-20)23-15-6-4-3-5-14(15)18/h3-6,12-13H,2,7-11H2,1H3. The molecule has 0 spiro atoms. The van der Waals surface area contributed by atoms with E-state index < -0.39 is 0 Å². The second kappa shape index (κ2) is 6.79. The van der Waals surface area contributed by atoms with Crippen molar-refractivity contribution in [1.29, 1.82) is 0 Å². The minimum Gasteiger partial charge on any atom is -0.485 e. The Balaban J connectivity index is 1.50. The predicted octanol–water partition coefficient (Wildman–Crippen LogP) is 2.19. The maximum atomic E-state index is 12.5. The van der Waals surface area contributed by atoms with Crippen LogP contribution in [0.3, 0.4) is 0 Å².